The number of carboxylic acids is 1. The minimum atomic E-state index is -1.04. The molecule has 190 valence electrons. The number of aryl methyl sites for hydroxylation is 1. The molecule has 0 aliphatic heterocycles. The number of thiophene rings is 1. The lowest BCUT2D eigenvalue weighted by atomic mass is 9.82. The number of nitrogens with zero attached hydrogens (tertiary/aromatic N) is 3. The number of benzene rings is 1. The van der Waals surface area contributed by atoms with Crippen LogP contribution in [-0.2, 0) is 11.8 Å². The molecule has 2 heterocycles. The van der Waals surface area contributed by atoms with Gasteiger partial charge in [-0.25, -0.2) is 4.79 Å². The van der Waals surface area contributed by atoms with Crippen LogP contribution in [0.3, 0.4) is 0 Å². The Kier molecular flexibility index (Phi) is 7.59. The van der Waals surface area contributed by atoms with Crippen LogP contribution in [0.1, 0.15) is 66.5 Å². The number of anilines is 2. The van der Waals surface area contributed by atoms with Gasteiger partial charge in [0.1, 0.15) is 4.88 Å². The first-order chi connectivity index (χ1) is 17.1. The summed E-state index contributed by atoms with van der Waals surface area (Å²) >= 11 is 1.16. The Hall–Kier alpha value is -3.46. The average molecular weight is 509 g/mol. The van der Waals surface area contributed by atoms with Crippen LogP contribution in [0.5, 0.6) is 0 Å². The van der Waals surface area contributed by atoms with Gasteiger partial charge in [0.25, 0.3) is 5.91 Å². The van der Waals surface area contributed by atoms with Crippen LogP contribution in [0.25, 0.3) is 10.4 Å². The van der Waals surface area contributed by atoms with Crippen LogP contribution in [-0.4, -0.2) is 38.7 Å². The first-order valence-corrected chi connectivity index (χ1v) is 13.1. The van der Waals surface area contributed by atoms with E-state index in [1.807, 2.05) is 26.0 Å². The zero-order valence-electron chi connectivity index (χ0n) is 21.0. The molecule has 0 atom stereocenters. The molecule has 1 fully saturated rings. The van der Waals surface area contributed by atoms with E-state index in [4.69, 9.17) is 0 Å². The van der Waals surface area contributed by atoms with Gasteiger partial charge < -0.3 is 15.3 Å². The molecule has 0 radical (unpaired) electrons. The van der Waals surface area contributed by atoms with Gasteiger partial charge in [0.2, 0.25) is 5.91 Å². The molecule has 1 saturated carbocycles. The fraction of sp³-hybridized carbons (Fsp3) is 0.407. The highest BCUT2D eigenvalue weighted by Crippen LogP contribution is 2.40. The smallest absolute Gasteiger partial charge is 0.348 e. The Balaban J connectivity index is 1.58. The molecule has 36 heavy (non-hydrogen) atoms. The van der Waals surface area contributed by atoms with Crippen LogP contribution in [0.15, 0.2) is 42.7 Å². The Morgan fingerprint density at radius 1 is 1.14 bits per heavy atom. The summed E-state index contributed by atoms with van der Waals surface area (Å²) in [6.45, 7) is 6.06. The summed E-state index contributed by atoms with van der Waals surface area (Å²) in [5.74, 6) is -0.738. The summed E-state index contributed by atoms with van der Waals surface area (Å²) in [5.41, 5.74) is 2.35. The fourth-order valence-corrected chi connectivity index (χ4v) is 5.66. The maximum absolute atomic E-state index is 13.5. The second kappa shape index (κ2) is 10.7. The minimum Gasteiger partial charge on any atom is -0.477 e. The zero-order valence-corrected chi connectivity index (χ0v) is 21.8. The molecule has 3 aromatic rings. The molecular formula is C27H32N4O4S. The van der Waals surface area contributed by atoms with E-state index in [1.165, 1.54) is 6.20 Å². The van der Waals surface area contributed by atoms with E-state index in [9.17, 15) is 19.5 Å². The van der Waals surface area contributed by atoms with Gasteiger partial charge in [0.15, 0.2) is 0 Å². The Labute approximate surface area is 214 Å². The van der Waals surface area contributed by atoms with Crippen LogP contribution < -0.4 is 10.2 Å². The van der Waals surface area contributed by atoms with Crippen LogP contribution in [0.4, 0.5) is 11.4 Å². The SMILES string of the molecule is CC(C)N(c1cc(-c2ccc(NC(=O)c3cnn(C)c3)cc2)sc1C(=O)O)C(=O)[C@H]1CC[C@H](C)CC1. The molecule has 0 unspecified atom stereocenters. The molecule has 1 aliphatic rings. The van der Waals surface area contributed by atoms with Crippen molar-refractivity contribution in [3.05, 3.63) is 53.2 Å². The Morgan fingerprint density at radius 2 is 1.81 bits per heavy atom. The summed E-state index contributed by atoms with van der Waals surface area (Å²) in [6.07, 6.45) is 6.86. The number of carbonyl (C=O) groups excluding carboxylic acids is 2. The minimum absolute atomic E-state index is 0.0113. The van der Waals surface area contributed by atoms with E-state index >= 15 is 0 Å². The lowest BCUT2D eigenvalue weighted by molar-refractivity contribution is -0.123. The van der Waals surface area contributed by atoms with Crippen molar-refractivity contribution < 1.29 is 19.5 Å². The van der Waals surface area contributed by atoms with E-state index < -0.39 is 5.97 Å². The average Bonchev–Trinajstić information content (AvgIpc) is 3.47. The molecule has 1 aliphatic carbocycles. The number of aromatic carboxylic acids is 1. The van der Waals surface area contributed by atoms with Gasteiger partial charge in [-0.05, 0) is 69.2 Å². The van der Waals surface area contributed by atoms with Gasteiger partial charge in [-0.2, -0.15) is 5.10 Å². The largest absolute Gasteiger partial charge is 0.477 e. The predicted octanol–water partition coefficient (Wildman–Crippen LogP) is 5.67. The monoisotopic (exact) mass is 508 g/mol. The third kappa shape index (κ3) is 5.51. The third-order valence-electron chi connectivity index (χ3n) is 6.68. The molecule has 4 rings (SSSR count). The highest BCUT2D eigenvalue weighted by Gasteiger charge is 2.33. The molecule has 1 aromatic carbocycles. The molecular weight excluding hydrogens is 476 g/mol. The highest BCUT2D eigenvalue weighted by atomic mass is 32.1. The number of hydrogen-bond acceptors (Lipinski definition) is 5. The summed E-state index contributed by atoms with van der Waals surface area (Å²) in [4.78, 5) is 40.7. The molecule has 0 saturated heterocycles. The van der Waals surface area contributed by atoms with E-state index in [0.717, 1.165) is 47.5 Å². The molecule has 2 N–H and O–H groups in total. The summed E-state index contributed by atoms with van der Waals surface area (Å²) in [5, 5.41) is 16.8. The highest BCUT2D eigenvalue weighted by molar-refractivity contribution is 7.18. The molecule has 2 aromatic heterocycles. The summed E-state index contributed by atoms with van der Waals surface area (Å²) in [6, 6.07) is 8.87. The Bertz CT molecular complexity index is 1250. The number of rotatable bonds is 7. The van der Waals surface area contributed by atoms with Crippen molar-refractivity contribution in [2.75, 3.05) is 10.2 Å². The van der Waals surface area contributed by atoms with Crippen molar-refractivity contribution in [1.29, 1.82) is 0 Å². The third-order valence-corrected chi connectivity index (χ3v) is 7.84. The van der Waals surface area contributed by atoms with Gasteiger partial charge in [-0.3, -0.25) is 14.3 Å². The number of hydrogen-bond donors (Lipinski definition) is 2. The zero-order chi connectivity index (χ0) is 26.0. The molecule has 2 amide bonds. The number of carboxylic acid groups (broad SMARTS) is 1. The topological polar surface area (TPSA) is 105 Å². The van der Waals surface area contributed by atoms with E-state index in [1.54, 1.807) is 41.0 Å². The van der Waals surface area contributed by atoms with Gasteiger partial charge in [0.05, 0.1) is 17.4 Å². The summed E-state index contributed by atoms with van der Waals surface area (Å²) < 4.78 is 1.56. The lowest BCUT2D eigenvalue weighted by Gasteiger charge is -2.33. The van der Waals surface area contributed by atoms with E-state index in [2.05, 4.69) is 17.3 Å². The lowest BCUT2D eigenvalue weighted by Crippen LogP contribution is -2.42. The second-order valence-electron chi connectivity index (χ2n) is 9.82. The van der Waals surface area contributed by atoms with Crippen LogP contribution >= 0.6 is 11.3 Å². The standard InChI is InChI=1S/C27H32N4O4S/c1-16(2)31(26(33)19-7-5-17(3)6-8-19)22-13-23(36-24(22)27(34)35)18-9-11-21(12-10-18)29-25(32)20-14-28-30(4)15-20/h9-17,19H,5-8H2,1-4H3,(H,29,32)(H,34,35)/t17-,19-. The second-order valence-corrected chi connectivity index (χ2v) is 10.9. The number of nitrogens with one attached hydrogen (secondary N) is 1. The van der Waals surface area contributed by atoms with Crippen molar-refractivity contribution in [2.24, 2.45) is 18.9 Å². The van der Waals surface area contributed by atoms with Gasteiger partial charge in [-0.1, -0.05) is 19.1 Å². The number of aromatic nitrogens is 2. The van der Waals surface area contributed by atoms with E-state index in [-0.39, 0.29) is 28.7 Å². The molecule has 0 bridgehead atoms. The normalized spacial score (nSPS) is 17.7. The summed E-state index contributed by atoms with van der Waals surface area (Å²) in [7, 11) is 1.75. The maximum Gasteiger partial charge on any atom is 0.348 e. The predicted molar refractivity (Wildman–Crippen MR) is 142 cm³/mol. The van der Waals surface area contributed by atoms with Crippen molar-refractivity contribution in [3.8, 4) is 10.4 Å². The van der Waals surface area contributed by atoms with Gasteiger partial charge in [0, 0.05) is 35.8 Å². The number of amides is 2. The van der Waals surface area contributed by atoms with Crippen LogP contribution in [0, 0.1) is 11.8 Å². The molecule has 8 nitrogen and oxygen atoms in total. The quantitative estimate of drug-likeness (QED) is 0.428. The molecule has 9 heteroatoms. The van der Waals surface area contributed by atoms with Gasteiger partial charge >= 0.3 is 5.97 Å². The first-order valence-electron chi connectivity index (χ1n) is 12.2. The van der Waals surface area contributed by atoms with Crippen molar-refractivity contribution in [1.82, 2.24) is 9.78 Å². The van der Waals surface area contributed by atoms with E-state index in [0.29, 0.717) is 22.9 Å². The molecule has 0 spiro atoms. The Morgan fingerprint density at radius 3 is 2.36 bits per heavy atom. The van der Waals surface area contributed by atoms with Crippen molar-refractivity contribution in [2.45, 2.75) is 52.5 Å². The number of carbonyl (C=O) groups is 3. The fourth-order valence-electron chi connectivity index (χ4n) is 4.67. The van der Waals surface area contributed by atoms with Crippen molar-refractivity contribution >= 4 is 40.5 Å². The van der Waals surface area contributed by atoms with Crippen molar-refractivity contribution in [3.63, 3.8) is 0 Å². The maximum atomic E-state index is 13.5. The first kappa shape index (κ1) is 25.6. The van der Waals surface area contributed by atoms with Crippen LogP contribution in [0.2, 0.25) is 0 Å². The van der Waals surface area contributed by atoms with Gasteiger partial charge in [-0.15, -0.1) is 11.3 Å².